The zero-order valence-corrected chi connectivity index (χ0v) is 18.8. The summed E-state index contributed by atoms with van der Waals surface area (Å²) in [5.74, 6) is -1.89. The van der Waals surface area contributed by atoms with Crippen LogP contribution in [-0.4, -0.2) is 8.42 Å². The number of nitrogen functional groups attached to an aromatic ring is 4. The van der Waals surface area contributed by atoms with Crippen LogP contribution in [0, 0.1) is 23.3 Å². The Balaban J connectivity index is 0.000000222. The first kappa shape index (κ1) is 26.9. The molecule has 182 valence electrons. The largest absolute Gasteiger partial charge is 0.396 e. The zero-order chi connectivity index (χ0) is 26.1. The first-order chi connectivity index (χ1) is 16.6. The van der Waals surface area contributed by atoms with Crippen LogP contribution in [0.2, 0.25) is 0 Å². The van der Waals surface area contributed by atoms with Crippen molar-refractivity contribution in [1.29, 1.82) is 0 Å². The van der Waals surface area contributed by atoms with Crippen molar-refractivity contribution in [2.75, 3.05) is 22.9 Å². The predicted molar refractivity (Wildman–Crippen MR) is 130 cm³/mol. The lowest BCUT2D eigenvalue weighted by atomic mass is 10.0. The molecule has 0 aromatic heterocycles. The van der Waals surface area contributed by atoms with Crippen LogP contribution in [0.15, 0.2) is 72.8 Å². The second-order valence-corrected chi connectivity index (χ2v) is 7.15. The minimum Gasteiger partial charge on any atom is -0.396 e. The summed E-state index contributed by atoms with van der Waals surface area (Å²) in [4.78, 5) is 0. The maximum absolute atomic E-state index is 12.9. The third-order valence-corrected chi connectivity index (χ3v) is 4.65. The number of hydrogen-bond acceptors (Lipinski definition) is 6. The SMILES string of the molecule is Nc1cc(-c2ccc(F)c(N)c2)ccc1F.Nc1cc(-c2ccc(F)c(N)c2)ccc1F.O=S=O. The average molecular weight is 505 g/mol. The normalized spacial score (nSPS) is 9.83. The first-order valence-electron chi connectivity index (χ1n) is 9.70. The van der Waals surface area contributed by atoms with Gasteiger partial charge in [-0.3, -0.25) is 0 Å². The van der Waals surface area contributed by atoms with Crippen molar-refractivity contribution in [3.8, 4) is 22.3 Å². The number of rotatable bonds is 2. The molecule has 8 N–H and O–H groups in total. The van der Waals surface area contributed by atoms with Crippen molar-refractivity contribution in [2.45, 2.75) is 0 Å². The van der Waals surface area contributed by atoms with Gasteiger partial charge in [-0.25, -0.2) is 17.6 Å². The molecule has 0 heterocycles. The van der Waals surface area contributed by atoms with Gasteiger partial charge in [-0.15, -0.1) is 0 Å². The Morgan fingerprint density at radius 3 is 0.743 bits per heavy atom. The molecular weight excluding hydrogens is 484 g/mol. The van der Waals surface area contributed by atoms with Gasteiger partial charge in [0.1, 0.15) is 23.3 Å². The van der Waals surface area contributed by atoms with Crippen LogP contribution in [0.5, 0.6) is 0 Å². The van der Waals surface area contributed by atoms with E-state index in [2.05, 4.69) is 0 Å². The van der Waals surface area contributed by atoms with Crippen LogP contribution < -0.4 is 22.9 Å². The molecule has 0 fully saturated rings. The fourth-order valence-electron chi connectivity index (χ4n) is 2.89. The summed E-state index contributed by atoms with van der Waals surface area (Å²) in [6, 6.07) is 17.3. The number of halogens is 4. The van der Waals surface area contributed by atoms with Gasteiger partial charge in [0.15, 0.2) is 0 Å². The third kappa shape index (κ3) is 7.30. The Kier molecular flexibility index (Phi) is 9.36. The highest BCUT2D eigenvalue weighted by Gasteiger charge is 2.06. The molecule has 11 heteroatoms. The minimum atomic E-state index is -0.750. The highest BCUT2D eigenvalue weighted by molar-refractivity contribution is 7.51. The molecule has 0 atom stereocenters. The Morgan fingerprint density at radius 1 is 0.429 bits per heavy atom. The van der Waals surface area contributed by atoms with E-state index in [1.807, 2.05) is 0 Å². The standard InChI is InChI=1S/2C12H10F2N2.O2S/c2*13-9-3-1-7(5-11(9)15)8-2-4-10(14)12(16)6-8;1-3-2/h2*1-6H,15-16H2;. The summed E-state index contributed by atoms with van der Waals surface area (Å²) < 4.78 is 68.4. The van der Waals surface area contributed by atoms with Gasteiger partial charge in [-0.2, -0.15) is 8.42 Å². The van der Waals surface area contributed by atoms with Crippen LogP contribution in [0.4, 0.5) is 40.3 Å². The number of benzene rings is 4. The van der Waals surface area contributed by atoms with Gasteiger partial charge >= 0.3 is 11.6 Å². The molecule has 0 aliphatic rings. The van der Waals surface area contributed by atoms with Crippen LogP contribution in [0.1, 0.15) is 0 Å². The van der Waals surface area contributed by atoms with Gasteiger partial charge < -0.3 is 22.9 Å². The summed E-state index contributed by atoms with van der Waals surface area (Å²) in [6.07, 6.45) is 0. The molecule has 0 spiro atoms. The van der Waals surface area contributed by atoms with E-state index in [1.54, 1.807) is 24.3 Å². The van der Waals surface area contributed by atoms with Crippen molar-refractivity contribution in [3.63, 3.8) is 0 Å². The molecule has 0 saturated carbocycles. The molecule has 4 aromatic rings. The summed E-state index contributed by atoms with van der Waals surface area (Å²) in [6.45, 7) is 0. The van der Waals surface area contributed by atoms with Crippen LogP contribution in [0.25, 0.3) is 22.3 Å². The number of nitrogens with two attached hydrogens (primary N) is 4. The topological polar surface area (TPSA) is 138 Å². The Morgan fingerprint density at radius 2 is 0.600 bits per heavy atom. The van der Waals surface area contributed by atoms with Crippen LogP contribution in [0.3, 0.4) is 0 Å². The smallest absolute Gasteiger partial charge is 0.335 e. The number of hydrogen-bond donors (Lipinski definition) is 4. The maximum Gasteiger partial charge on any atom is 0.335 e. The molecule has 35 heavy (non-hydrogen) atoms. The Labute approximate surface area is 201 Å². The van der Waals surface area contributed by atoms with Crippen molar-refractivity contribution in [1.82, 2.24) is 0 Å². The first-order valence-corrected chi connectivity index (χ1v) is 10.4. The molecule has 0 aliphatic heterocycles. The lowest BCUT2D eigenvalue weighted by molar-refractivity contribution is 0.629. The molecule has 0 bridgehead atoms. The van der Waals surface area contributed by atoms with E-state index in [4.69, 9.17) is 31.4 Å². The second kappa shape index (κ2) is 12.2. The molecule has 0 unspecified atom stereocenters. The molecule has 0 amide bonds. The fourth-order valence-corrected chi connectivity index (χ4v) is 2.89. The van der Waals surface area contributed by atoms with Crippen LogP contribution in [-0.2, 0) is 11.6 Å². The molecule has 4 rings (SSSR count). The zero-order valence-electron chi connectivity index (χ0n) is 18.0. The minimum absolute atomic E-state index is 0.0559. The summed E-state index contributed by atoms with van der Waals surface area (Å²) in [7, 11) is 0. The van der Waals surface area contributed by atoms with Gasteiger partial charge in [0.05, 0.1) is 22.7 Å². The monoisotopic (exact) mass is 504 g/mol. The van der Waals surface area contributed by atoms with E-state index in [-0.39, 0.29) is 22.7 Å². The lowest BCUT2D eigenvalue weighted by Crippen LogP contribution is -1.93. The van der Waals surface area contributed by atoms with Crippen molar-refractivity contribution >= 4 is 34.3 Å². The fraction of sp³-hybridized carbons (Fsp3) is 0. The van der Waals surface area contributed by atoms with E-state index >= 15 is 0 Å². The molecule has 0 aliphatic carbocycles. The lowest BCUT2D eigenvalue weighted by Gasteiger charge is -2.05. The molecule has 4 aromatic carbocycles. The Hall–Kier alpha value is -4.38. The Bertz CT molecular complexity index is 1180. The second-order valence-electron chi connectivity index (χ2n) is 7.01. The predicted octanol–water partition coefficient (Wildman–Crippen LogP) is 4.92. The van der Waals surface area contributed by atoms with Gasteiger partial charge in [0.25, 0.3) is 0 Å². The van der Waals surface area contributed by atoms with Gasteiger partial charge in [-0.1, -0.05) is 24.3 Å². The molecular formula is C24H20F4N4O2S. The summed E-state index contributed by atoms with van der Waals surface area (Å²) in [5.41, 5.74) is 24.8. The van der Waals surface area contributed by atoms with E-state index < -0.39 is 34.8 Å². The van der Waals surface area contributed by atoms with E-state index in [0.29, 0.717) is 22.3 Å². The number of anilines is 4. The third-order valence-electron chi connectivity index (χ3n) is 4.65. The van der Waals surface area contributed by atoms with Crippen LogP contribution >= 0.6 is 0 Å². The van der Waals surface area contributed by atoms with Crippen molar-refractivity contribution in [3.05, 3.63) is 96.1 Å². The van der Waals surface area contributed by atoms with Gasteiger partial charge in [-0.05, 0) is 70.8 Å². The van der Waals surface area contributed by atoms with E-state index in [1.165, 1.54) is 48.5 Å². The highest BCUT2D eigenvalue weighted by atomic mass is 32.1. The van der Waals surface area contributed by atoms with Gasteiger partial charge in [0, 0.05) is 0 Å². The van der Waals surface area contributed by atoms with Crippen molar-refractivity contribution < 1.29 is 26.0 Å². The average Bonchev–Trinajstić information content (AvgIpc) is 2.82. The maximum atomic E-state index is 12.9. The molecule has 0 radical (unpaired) electrons. The summed E-state index contributed by atoms with van der Waals surface area (Å²) in [5, 5.41) is 0. The quantitative estimate of drug-likeness (QED) is 0.226. The summed E-state index contributed by atoms with van der Waals surface area (Å²) >= 11 is -0.750. The molecule has 6 nitrogen and oxygen atoms in total. The highest BCUT2D eigenvalue weighted by Crippen LogP contribution is 2.27. The van der Waals surface area contributed by atoms with Gasteiger partial charge in [0.2, 0.25) is 0 Å². The molecule has 0 saturated heterocycles. The van der Waals surface area contributed by atoms with Crippen molar-refractivity contribution in [2.24, 2.45) is 0 Å². The van der Waals surface area contributed by atoms with E-state index in [0.717, 1.165) is 0 Å². The van der Waals surface area contributed by atoms with E-state index in [9.17, 15) is 17.6 Å².